The Hall–Kier alpha value is -1.61. The highest BCUT2D eigenvalue weighted by Crippen LogP contribution is 2.34. The molecule has 1 saturated heterocycles. The second kappa shape index (κ2) is 6.88. The molecule has 1 heterocycles. The third-order valence-electron chi connectivity index (χ3n) is 3.55. The van der Waals surface area contributed by atoms with E-state index < -0.39 is 33.4 Å². The van der Waals surface area contributed by atoms with Gasteiger partial charge in [-0.25, -0.2) is 12.7 Å². The molecule has 0 bridgehead atoms. The van der Waals surface area contributed by atoms with Crippen molar-refractivity contribution in [1.29, 1.82) is 0 Å². The minimum Gasteiger partial charge on any atom is -0.325 e. The van der Waals surface area contributed by atoms with Gasteiger partial charge < -0.3 is 5.32 Å². The Bertz CT molecular complexity index is 668. The van der Waals surface area contributed by atoms with Crippen molar-refractivity contribution in [3.05, 3.63) is 29.8 Å². The van der Waals surface area contributed by atoms with Crippen LogP contribution in [0.25, 0.3) is 0 Å². The minimum absolute atomic E-state index is 0.372. The molecule has 23 heavy (non-hydrogen) atoms. The van der Waals surface area contributed by atoms with Gasteiger partial charge in [-0.1, -0.05) is 12.1 Å². The molecule has 1 amide bonds. The van der Waals surface area contributed by atoms with Crippen molar-refractivity contribution in [2.24, 2.45) is 0 Å². The fraction of sp³-hybridized carbons (Fsp3) is 0.500. The summed E-state index contributed by atoms with van der Waals surface area (Å²) in [5.74, 6) is -1.17. The summed E-state index contributed by atoms with van der Waals surface area (Å²) in [5.41, 5.74) is -1.33. The summed E-state index contributed by atoms with van der Waals surface area (Å²) in [7, 11) is -3.54. The standard InChI is InChI=1S/C14H17F3N2O3S/c15-14(16,17)11-5-1-2-6-12(11)18-13(20)7-10-23(21,22)19-8-3-4-9-19/h1-2,5-6H,3-4,7-10H2,(H,18,20). The first-order valence-corrected chi connectivity index (χ1v) is 8.75. The minimum atomic E-state index is -4.59. The maximum absolute atomic E-state index is 12.8. The van der Waals surface area contributed by atoms with Gasteiger partial charge in [0.15, 0.2) is 0 Å². The molecule has 0 spiro atoms. The summed E-state index contributed by atoms with van der Waals surface area (Å²) < 4.78 is 63.7. The van der Waals surface area contributed by atoms with E-state index in [9.17, 15) is 26.4 Å². The summed E-state index contributed by atoms with van der Waals surface area (Å²) in [6, 6.07) is 4.58. The average Bonchev–Trinajstić information content (AvgIpc) is 3.00. The predicted molar refractivity (Wildman–Crippen MR) is 79.3 cm³/mol. The Morgan fingerprint density at radius 1 is 1.17 bits per heavy atom. The summed E-state index contributed by atoms with van der Waals surface area (Å²) in [5, 5.41) is 2.14. The van der Waals surface area contributed by atoms with Crippen LogP contribution in [-0.4, -0.2) is 37.5 Å². The molecule has 128 valence electrons. The van der Waals surface area contributed by atoms with Gasteiger partial charge in [-0.3, -0.25) is 4.79 Å². The van der Waals surface area contributed by atoms with E-state index in [0.29, 0.717) is 13.1 Å². The molecule has 9 heteroatoms. The number of nitrogens with one attached hydrogen (secondary N) is 1. The van der Waals surface area contributed by atoms with Crippen LogP contribution in [0.5, 0.6) is 0 Å². The third kappa shape index (κ3) is 4.68. The molecule has 0 radical (unpaired) electrons. The van der Waals surface area contributed by atoms with Crippen LogP contribution in [0.15, 0.2) is 24.3 Å². The van der Waals surface area contributed by atoms with E-state index in [2.05, 4.69) is 5.32 Å². The van der Waals surface area contributed by atoms with Crippen molar-refractivity contribution in [1.82, 2.24) is 4.31 Å². The molecule has 0 aliphatic carbocycles. The quantitative estimate of drug-likeness (QED) is 0.887. The molecular formula is C14H17F3N2O3S. The smallest absolute Gasteiger partial charge is 0.325 e. The van der Waals surface area contributed by atoms with E-state index in [1.54, 1.807) is 0 Å². The summed E-state index contributed by atoms with van der Waals surface area (Å²) in [4.78, 5) is 11.8. The van der Waals surface area contributed by atoms with Crippen molar-refractivity contribution in [2.75, 3.05) is 24.2 Å². The van der Waals surface area contributed by atoms with Crippen LogP contribution in [0.1, 0.15) is 24.8 Å². The lowest BCUT2D eigenvalue weighted by molar-refractivity contribution is -0.137. The van der Waals surface area contributed by atoms with E-state index in [0.717, 1.165) is 25.0 Å². The maximum atomic E-state index is 12.8. The van der Waals surface area contributed by atoms with Gasteiger partial charge in [0.25, 0.3) is 0 Å². The maximum Gasteiger partial charge on any atom is 0.418 e. The number of para-hydroxylation sites is 1. The van der Waals surface area contributed by atoms with E-state index in [1.165, 1.54) is 16.4 Å². The van der Waals surface area contributed by atoms with E-state index in [-0.39, 0.29) is 12.1 Å². The van der Waals surface area contributed by atoms with Crippen LogP contribution in [0.2, 0.25) is 0 Å². The number of hydrogen-bond donors (Lipinski definition) is 1. The lowest BCUT2D eigenvalue weighted by Gasteiger charge is -2.16. The number of rotatable bonds is 5. The Morgan fingerprint density at radius 3 is 2.39 bits per heavy atom. The van der Waals surface area contributed by atoms with Crippen molar-refractivity contribution >= 4 is 21.6 Å². The van der Waals surface area contributed by atoms with E-state index in [4.69, 9.17) is 0 Å². The number of alkyl halides is 3. The topological polar surface area (TPSA) is 66.5 Å². The highest BCUT2D eigenvalue weighted by atomic mass is 32.2. The normalized spacial score (nSPS) is 16.5. The van der Waals surface area contributed by atoms with Crippen molar-refractivity contribution < 1.29 is 26.4 Å². The molecular weight excluding hydrogens is 333 g/mol. The van der Waals surface area contributed by atoms with E-state index >= 15 is 0 Å². The number of halogens is 3. The largest absolute Gasteiger partial charge is 0.418 e. The molecule has 1 aromatic carbocycles. The monoisotopic (exact) mass is 350 g/mol. The molecule has 0 saturated carbocycles. The van der Waals surface area contributed by atoms with Gasteiger partial charge in [-0.05, 0) is 25.0 Å². The fourth-order valence-electron chi connectivity index (χ4n) is 2.37. The van der Waals surface area contributed by atoms with Crippen molar-refractivity contribution in [2.45, 2.75) is 25.4 Å². The predicted octanol–water partition coefficient (Wildman–Crippen LogP) is 2.46. The molecule has 1 fully saturated rings. The van der Waals surface area contributed by atoms with Gasteiger partial charge in [0, 0.05) is 19.5 Å². The Balaban J connectivity index is 1.98. The molecule has 0 atom stereocenters. The first-order valence-electron chi connectivity index (χ1n) is 7.14. The number of carbonyl (C=O) groups excluding carboxylic acids is 1. The van der Waals surface area contributed by atoms with Crippen LogP contribution in [0.3, 0.4) is 0 Å². The van der Waals surface area contributed by atoms with Gasteiger partial charge in [0.05, 0.1) is 17.0 Å². The van der Waals surface area contributed by atoms with Gasteiger partial charge in [0.2, 0.25) is 15.9 Å². The van der Waals surface area contributed by atoms with Crippen LogP contribution in [-0.2, 0) is 21.0 Å². The zero-order valence-corrected chi connectivity index (χ0v) is 13.1. The second-order valence-electron chi connectivity index (χ2n) is 5.26. The number of nitrogens with zero attached hydrogens (tertiary/aromatic N) is 1. The molecule has 1 aromatic rings. The summed E-state index contributed by atoms with van der Waals surface area (Å²) >= 11 is 0. The fourth-order valence-corrected chi connectivity index (χ4v) is 3.89. The molecule has 0 unspecified atom stereocenters. The van der Waals surface area contributed by atoms with E-state index in [1.807, 2.05) is 0 Å². The summed E-state index contributed by atoms with van der Waals surface area (Å²) in [6.07, 6.45) is -3.41. The Kier molecular flexibility index (Phi) is 5.30. The molecule has 5 nitrogen and oxygen atoms in total. The number of benzene rings is 1. The van der Waals surface area contributed by atoms with Crippen molar-refractivity contribution in [3.63, 3.8) is 0 Å². The first kappa shape index (κ1) is 17.7. The molecule has 1 aliphatic rings. The number of anilines is 1. The number of carbonyl (C=O) groups is 1. The van der Waals surface area contributed by atoms with Gasteiger partial charge >= 0.3 is 6.18 Å². The Labute approximate surface area is 132 Å². The zero-order valence-electron chi connectivity index (χ0n) is 12.3. The molecule has 2 rings (SSSR count). The third-order valence-corrected chi connectivity index (χ3v) is 5.42. The van der Waals surface area contributed by atoms with Crippen molar-refractivity contribution in [3.8, 4) is 0 Å². The molecule has 1 N–H and O–H groups in total. The highest BCUT2D eigenvalue weighted by Gasteiger charge is 2.33. The second-order valence-corrected chi connectivity index (χ2v) is 7.35. The van der Waals surface area contributed by atoms with Gasteiger partial charge in [0.1, 0.15) is 0 Å². The Morgan fingerprint density at radius 2 is 1.78 bits per heavy atom. The lowest BCUT2D eigenvalue weighted by Crippen LogP contribution is -2.31. The first-order chi connectivity index (χ1) is 10.7. The van der Waals surface area contributed by atoms with Crippen LogP contribution in [0.4, 0.5) is 18.9 Å². The SMILES string of the molecule is O=C(CCS(=O)(=O)N1CCCC1)Nc1ccccc1C(F)(F)F. The van der Waals surface area contributed by atoms with Gasteiger partial charge in [-0.2, -0.15) is 13.2 Å². The highest BCUT2D eigenvalue weighted by molar-refractivity contribution is 7.89. The van der Waals surface area contributed by atoms with Crippen LogP contribution < -0.4 is 5.32 Å². The van der Waals surface area contributed by atoms with Crippen LogP contribution >= 0.6 is 0 Å². The van der Waals surface area contributed by atoms with Crippen LogP contribution in [0, 0.1) is 0 Å². The zero-order chi connectivity index (χ0) is 17.1. The molecule has 1 aliphatic heterocycles. The lowest BCUT2D eigenvalue weighted by atomic mass is 10.1. The molecule has 0 aromatic heterocycles. The number of amides is 1. The number of sulfonamides is 1. The average molecular weight is 350 g/mol. The summed E-state index contributed by atoms with van der Waals surface area (Å²) in [6.45, 7) is 0.863. The van der Waals surface area contributed by atoms with Gasteiger partial charge in [-0.15, -0.1) is 0 Å². The number of hydrogen-bond acceptors (Lipinski definition) is 3.